The standard InChI is InChI=1S/C14H18BrNO2/c15-11-4-5-12(10(8-11)9-17)16-6-7-18-14-3-1-2-13(14)16/h4-5,8,13-14,17H,1-3,6-7,9H2. The number of aliphatic hydroxyl groups excluding tert-OH is 1. The van der Waals surface area contributed by atoms with E-state index in [-0.39, 0.29) is 6.61 Å². The molecule has 2 fully saturated rings. The Bertz CT molecular complexity index is 438. The summed E-state index contributed by atoms with van der Waals surface area (Å²) in [6, 6.07) is 6.66. The molecule has 18 heavy (non-hydrogen) atoms. The summed E-state index contributed by atoms with van der Waals surface area (Å²) in [4.78, 5) is 2.43. The number of hydrogen-bond acceptors (Lipinski definition) is 3. The van der Waals surface area contributed by atoms with Crippen molar-refractivity contribution >= 4 is 21.6 Å². The van der Waals surface area contributed by atoms with Crippen LogP contribution < -0.4 is 4.90 Å². The number of hydrogen-bond donors (Lipinski definition) is 1. The number of ether oxygens (including phenoxy) is 1. The van der Waals surface area contributed by atoms with E-state index in [9.17, 15) is 5.11 Å². The molecule has 2 unspecified atom stereocenters. The second kappa shape index (κ2) is 5.19. The summed E-state index contributed by atoms with van der Waals surface area (Å²) in [6.07, 6.45) is 4.00. The van der Waals surface area contributed by atoms with Crippen LogP contribution in [0.15, 0.2) is 22.7 Å². The van der Waals surface area contributed by atoms with Crippen molar-refractivity contribution in [3.8, 4) is 0 Å². The molecule has 1 aliphatic heterocycles. The zero-order valence-corrected chi connectivity index (χ0v) is 11.9. The van der Waals surface area contributed by atoms with Gasteiger partial charge in [0.05, 0.1) is 25.4 Å². The minimum Gasteiger partial charge on any atom is -0.392 e. The van der Waals surface area contributed by atoms with Gasteiger partial charge in [0.25, 0.3) is 0 Å². The Morgan fingerprint density at radius 2 is 2.28 bits per heavy atom. The van der Waals surface area contributed by atoms with Crippen molar-refractivity contribution in [2.45, 2.75) is 38.0 Å². The molecule has 3 rings (SSSR count). The second-order valence-electron chi connectivity index (χ2n) is 5.03. The molecule has 1 aromatic rings. The van der Waals surface area contributed by atoms with E-state index in [2.05, 4.69) is 26.9 Å². The monoisotopic (exact) mass is 311 g/mol. The summed E-state index contributed by atoms with van der Waals surface area (Å²) >= 11 is 3.46. The van der Waals surface area contributed by atoms with Gasteiger partial charge in [-0.15, -0.1) is 0 Å². The highest BCUT2D eigenvalue weighted by molar-refractivity contribution is 9.10. The molecule has 3 nitrogen and oxygen atoms in total. The smallest absolute Gasteiger partial charge is 0.0779 e. The van der Waals surface area contributed by atoms with Crippen molar-refractivity contribution in [3.05, 3.63) is 28.2 Å². The average Bonchev–Trinajstić information content (AvgIpc) is 2.86. The highest BCUT2D eigenvalue weighted by Crippen LogP contribution is 2.35. The largest absolute Gasteiger partial charge is 0.392 e. The molecule has 0 aromatic heterocycles. The minimum absolute atomic E-state index is 0.0868. The van der Waals surface area contributed by atoms with Gasteiger partial charge in [-0.05, 0) is 37.5 Å². The van der Waals surface area contributed by atoms with Crippen LogP contribution in [0.1, 0.15) is 24.8 Å². The SMILES string of the molecule is OCc1cc(Br)ccc1N1CCOC2CCCC21. The van der Waals surface area contributed by atoms with E-state index in [1.807, 2.05) is 12.1 Å². The molecule has 1 saturated carbocycles. The maximum atomic E-state index is 9.54. The van der Waals surface area contributed by atoms with Gasteiger partial charge in [0.2, 0.25) is 0 Å². The summed E-state index contributed by atoms with van der Waals surface area (Å²) in [5.41, 5.74) is 2.16. The molecule has 0 spiro atoms. The van der Waals surface area contributed by atoms with Gasteiger partial charge in [0.1, 0.15) is 0 Å². The Labute approximate surface area is 116 Å². The highest BCUT2D eigenvalue weighted by Gasteiger charge is 2.36. The van der Waals surface area contributed by atoms with Gasteiger partial charge >= 0.3 is 0 Å². The van der Waals surface area contributed by atoms with E-state index in [4.69, 9.17) is 4.74 Å². The predicted octanol–water partition coefficient (Wildman–Crippen LogP) is 2.70. The lowest BCUT2D eigenvalue weighted by Gasteiger charge is -2.40. The lowest BCUT2D eigenvalue weighted by molar-refractivity contribution is 0.0255. The van der Waals surface area contributed by atoms with Crippen LogP contribution in [0.4, 0.5) is 5.69 Å². The Kier molecular flexibility index (Phi) is 3.59. The quantitative estimate of drug-likeness (QED) is 0.911. The maximum absolute atomic E-state index is 9.54. The van der Waals surface area contributed by atoms with Gasteiger partial charge in [0, 0.05) is 22.3 Å². The number of anilines is 1. The van der Waals surface area contributed by atoms with Gasteiger partial charge in [0.15, 0.2) is 0 Å². The Balaban J connectivity index is 1.93. The first-order valence-electron chi connectivity index (χ1n) is 6.57. The van der Waals surface area contributed by atoms with Gasteiger partial charge in [-0.25, -0.2) is 0 Å². The van der Waals surface area contributed by atoms with Crippen LogP contribution in [-0.4, -0.2) is 30.4 Å². The molecule has 0 amide bonds. The first-order chi connectivity index (χ1) is 8.79. The van der Waals surface area contributed by atoms with Gasteiger partial charge in [-0.1, -0.05) is 15.9 Å². The number of aliphatic hydroxyl groups is 1. The molecule has 1 N–H and O–H groups in total. The molecule has 0 bridgehead atoms. The van der Waals surface area contributed by atoms with E-state index < -0.39 is 0 Å². The van der Waals surface area contributed by atoms with Crippen molar-refractivity contribution in [1.29, 1.82) is 0 Å². The number of rotatable bonds is 2. The molecule has 98 valence electrons. The van der Waals surface area contributed by atoms with Crippen LogP contribution in [0, 0.1) is 0 Å². The van der Waals surface area contributed by atoms with Crippen molar-refractivity contribution in [2.75, 3.05) is 18.1 Å². The summed E-state index contributed by atoms with van der Waals surface area (Å²) in [6.45, 7) is 1.81. The van der Waals surface area contributed by atoms with Crippen molar-refractivity contribution in [2.24, 2.45) is 0 Å². The first-order valence-corrected chi connectivity index (χ1v) is 7.36. The summed E-state index contributed by atoms with van der Waals surface area (Å²) in [7, 11) is 0. The lowest BCUT2D eigenvalue weighted by atomic mass is 10.1. The first kappa shape index (κ1) is 12.5. The third-order valence-electron chi connectivity index (χ3n) is 4.00. The van der Waals surface area contributed by atoms with E-state index in [1.165, 1.54) is 24.9 Å². The fourth-order valence-corrected chi connectivity index (χ4v) is 3.59. The number of benzene rings is 1. The van der Waals surface area contributed by atoms with Crippen LogP contribution in [0.3, 0.4) is 0 Å². The zero-order valence-electron chi connectivity index (χ0n) is 10.3. The third-order valence-corrected chi connectivity index (χ3v) is 4.50. The van der Waals surface area contributed by atoms with Gasteiger partial charge < -0.3 is 14.7 Å². The number of halogens is 1. The number of nitrogens with zero attached hydrogens (tertiary/aromatic N) is 1. The van der Waals surface area contributed by atoms with E-state index in [0.29, 0.717) is 12.1 Å². The van der Waals surface area contributed by atoms with Gasteiger partial charge in [-0.3, -0.25) is 0 Å². The normalized spacial score (nSPS) is 27.3. The molecule has 1 saturated heterocycles. The van der Waals surface area contributed by atoms with Crippen molar-refractivity contribution < 1.29 is 9.84 Å². The zero-order chi connectivity index (χ0) is 12.5. The molecule has 2 atom stereocenters. The average molecular weight is 312 g/mol. The Hall–Kier alpha value is -0.580. The van der Waals surface area contributed by atoms with Crippen molar-refractivity contribution in [3.63, 3.8) is 0 Å². The predicted molar refractivity (Wildman–Crippen MR) is 74.8 cm³/mol. The number of fused-ring (bicyclic) bond motifs is 1. The van der Waals surface area contributed by atoms with Crippen LogP contribution in [-0.2, 0) is 11.3 Å². The molecule has 1 heterocycles. The lowest BCUT2D eigenvalue weighted by Crippen LogP contribution is -2.49. The van der Waals surface area contributed by atoms with E-state index >= 15 is 0 Å². The van der Waals surface area contributed by atoms with Crippen LogP contribution in [0.25, 0.3) is 0 Å². The summed E-state index contributed by atoms with van der Waals surface area (Å²) in [5.74, 6) is 0. The van der Waals surface area contributed by atoms with Crippen molar-refractivity contribution in [1.82, 2.24) is 0 Å². The van der Waals surface area contributed by atoms with E-state index in [0.717, 1.165) is 23.2 Å². The second-order valence-corrected chi connectivity index (χ2v) is 5.95. The molecular weight excluding hydrogens is 294 g/mol. The van der Waals surface area contributed by atoms with Crippen LogP contribution in [0.2, 0.25) is 0 Å². The Morgan fingerprint density at radius 1 is 1.39 bits per heavy atom. The molecular formula is C14H18BrNO2. The minimum atomic E-state index is 0.0868. The fraction of sp³-hybridized carbons (Fsp3) is 0.571. The van der Waals surface area contributed by atoms with Gasteiger partial charge in [-0.2, -0.15) is 0 Å². The molecule has 0 radical (unpaired) electrons. The maximum Gasteiger partial charge on any atom is 0.0779 e. The molecule has 4 heteroatoms. The Morgan fingerprint density at radius 3 is 3.11 bits per heavy atom. The van der Waals surface area contributed by atoms with Crippen LogP contribution in [0.5, 0.6) is 0 Å². The van der Waals surface area contributed by atoms with E-state index in [1.54, 1.807) is 0 Å². The molecule has 1 aromatic carbocycles. The highest BCUT2D eigenvalue weighted by atomic mass is 79.9. The third kappa shape index (κ3) is 2.17. The number of morpholine rings is 1. The fourth-order valence-electron chi connectivity index (χ4n) is 3.19. The topological polar surface area (TPSA) is 32.7 Å². The van der Waals surface area contributed by atoms with Crippen LogP contribution >= 0.6 is 15.9 Å². The molecule has 1 aliphatic carbocycles. The summed E-state index contributed by atoms with van der Waals surface area (Å²) < 4.78 is 6.86. The summed E-state index contributed by atoms with van der Waals surface area (Å²) in [5, 5.41) is 9.54. The molecule has 2 aliphatic rings.